The van der Waals surface area contributed by atoms with Crippen LogP contribution >= 0.6 is 0 Å². The van der Waals surface area contributed by atoms with E-state index in [0.717, 1.165) is 50.3 Å². The zero-order valence-corrected chi connectivity index (χ0v) is 18.2. The lowest BCUT2D eigenvalue weighted by Gasteiger charge is -2.35. The highest BCUT2D eigenvalue weighted by atomic mass is 16.5. The lowest BCUT2D eigenvalue weighted by Crippen LogP contribution is -2.49. The first kappa shape index (κ1) is 20.6. The quantitative estimate of drug-likeness (QED) is 0.716. The Labute approximate surface area is 178 Å². The highest BCUT2D eigenvalue weighted by Gasteiger charge is 2.23. The first-order valence-electron chi connectivity index (χ1n) is 10.8. The Kier molecular flexibility index (Phi) is 5.91. The molecule has 0 radical (unpaired) electrons. The van der Waals surface area contributed by atoms with Gasteiger partial charge in [0.2, 0.25) is 5.91 Å². The van der Waals surface area contributed by atoms with E-state index in [9.17, 15) is 9.59 Å². The van der Waals surface area contributed by atoms with Gasteiger partial charge in [-0.1, -0.05) is 24.3 Å². The highest BCUT2D eigenvalue weighted by molar-refractivity contribution is 5.93. The van der Waals surface area contributed by atoms with Gasteiger partial charge in [-0.2, -0.15) is 0 Å². The maximum atomic E-state index is 12.8. The molecule has 1 saturated heterocycles. The third-order valence-corrected chi connectivity index (χ3v) is 6.53. The van der Waals surface area contributed by atoms with Gasteiger partial charge in [-0.15, -0.1) is 0 Å². The van der Waals surface area contributed by atoms with Crippen LogP contribution in [0.1, 0.15) is 43.7 Å². The van der Waals surface area contributed by atoms with Crippen LogP contribution in [0.4, 0.5) is 0 Å². The molecule has 2 heterocycles. The molecule has 0 saturated carbocycles. The number of amides is 1. The average Bonchev–Trinajstić information content (AvgIpc) is 3.11. The van der Waals surface area contributed by atoms with Crippen molar-refractivity contribution in [3.8, 4) is 0 Å². The molecule has 0 spiro atoms. The van der Waals surface area contributed by atoms with E-state index in [4.69, 9.17) is 4.74 Å². The summed E-state index contributed by atoms with van der Waals surface area (Å²) in [5.41, 5.74) is 7.86. The second-order valence-corrected chi connectivity index (χ2v) is 8.57. The Morgan fingerprint density at radius 2 is 1.67 bits per heavy atom. The molecule has 1 fully saturated rings. The minimum absolute atomic E-state index is 0.215. The Balaban J connectivity index is 1.26. The van der Waals surface area contributed by atoms with Crippen molar-refractivity contribution < 1.29 is 14.3 Å². The Bertz CT molecular complexity index is 951. The maximum absolute atomic E-state index is 12.8. The van der Waals surface area contributed by atoms with Crippen LogP contribution in [-0.4, -0.2) is 54.4 Å². The number of cyclic esters (lactones) is 1. The number of ether oxygens (including phenoxy) is 1. The molecular weight excluding hydrogens is 376 g/mol. The van der Waals surface area contributed by atoms with Gasteiger partial charge >= 0.3 is 5.97 Å². The summed E-state index contributed by atoms with van der Waals surface area (Å²) in [6, 6.07) is 10.3. The van der Waals surface area contributed by atoms with Crippen LogP contribution in [0.3, 0.4) is 0 Å². The van der Waals surface area contributed by atoms with Gasteiger partial charge in [0.25, 0.3) is 0 Å². The molecule has 0 bridgehead atoms. The summed E-state index contributed by atoms with van der Waals surface area (Å²) in [5.74, 6) is 0.00823. The fourth-order valence-corrected chi connectivity index (χ4v) is 4.36. The molecular formula is C25H30N2O3. The SMILES string of the molecule is Cc1cc(CC(=O)N2CCN(CCc3ccc4c(c3)COC4=O)CC2)cc(C)c1C. The lowest BCUT2D eigenvalue weighted by molar-refractivity contribution is -0.132. The van der Waals surface area contributed by atoms with Crippen molar-refractivity contribution in [2.75, 3.05) is 32.7 Å². The molecule has 0 atom stereocenters. The zero-order chi connectivity index (χ0) is 21.3. The van der Waals surface area contributed by atoms with Crippen molar-refractivity contribution in [1.82, 2.24) is 9.80 Å². The highest BCUT2D eigenvalue weighted by Crippen LogP contribution is 2.21. The van der Waals surface area contributed by atoms with Gasteiger partial charge in [-0.05, 0) is 61.1 Å². The molecule has 4 rings (SSSR count). The van der Waals surface area contributed by atoms with Crippen molar-refractivity contribution in [2.24, 2.45) is 0 Å². The summed E-state index contributed by atoms with van der Waals surface area (Å²) >= 11 is 0. The Morgan fingerprint density at radius 1 is 0.967 bits per heavy atom. The molecule has 0 N–H and O–H groups in total. The second kappa shape index (κ2) is 8.60. The second-order valence-electron chi connectivity index (χ2n) is 8.57. The molecule has 30 heavy (non-hydrogen) atoms. The van der Waals surface area contributed by atoms with Crippen LogP contribution in [0.25, 0.3) is 0 Å². The third-order valence-electron chi connectivity index (χ3n) is 6.53. The van der Waals surface area contributed by atoms with Gasteiger partial charge in [0.15, 0.2) is 0 Å². The normalized spacial score (nSPS) is 16.5. The number of rotatable bonds is 5. The Hall–Kier alpha value is -2.66. The van der Waals surface area contributed by atoms with E-state index >= 15 is 0 Å². The van der Waals surface area contributed by atoms with E-state index in [1.807, 2.05) is 17.0 Å². The van der Waals surface area contributed by atoms with Gasteiger partial charge in [0, 0.05) is 38.3 Å². The number of esters is 1. The molecule has 0 aromatic heterocycles. The first-order chi connectivity index (χ1) is 14.4. The largest absolute Gasteiger partial charge is 0.457 e. The van der Waals surface area contributed by atoms with Crippen LogP contribution < -0.4 is 0 Å². The number of hydrogen-bond donors (Lipinski definition) is 0. The smallest absolute Gasteiger partial charge is 0.338 e. The maximum Gasteiger partial charge on any atom is 0.338 e. The van der Waals surface area contributed by atoms with Gasteiger partial charge < -0.3 is 9.64 Å². The fourth-order valence-electron chi connectivity index (χ4n) is 4.36. The van der Waals surface area contributed by atoms with E-state index in [0.29, 0.717) is 18.6 Å². The minimum atomic E-state index is -0.215. The summed E-state index contributed by atoms with van der Waals surface area (Å²) < 4.78 is 5.08. The first-order valence-corrected chi connectivity index (χ1v) is 10.8. The monoisotopic (exact) mass is 406 g/mol. The molecule has 0 aliphatic carbocycles. The van der Waals surface area contributed by atoms with Gasteiger partial charge in [0.1, 0.15) is 6.61 Å². The molecule has 2 aliphatic rings. The fraction of sp³-hybridized carbons (Fsp3) is 0.440. The van der Waals surface area contributed by atoms with Crippen molar-refractivity contribution in [2.45, 2.75) is 40.2 Å². The number of nitrogens with zero attached hydrogens (tertiary/aromatic N) is 2. The standard InChI is InChI=1S/C25H30N2O3/c1-17-12-21(13-18(2)19(17)3)15-24(28)27-10-8-26(9-11-27)7-6-20-4-5-23-22(14-20)16-30-25(23)29/h4-5,12-14H,6-11,15-16H2,1-3H3. The average molecular weight is 407 g/mol. The van der Waals surface area contributed by atoms with Crippen LogP contribution in [0.15, 0.2) is 30.3 Å². The molecule has 2 aromatic carbocycles. The third kappa shape index (κ3) is 4.41. The predicted octanol–water partition coefficient (Wildman–Crippen LogP) is 3.21. The minimum Gasteiger partial charge on any atom is -0.457 e. The van der Waals surface area contributed by atoms with E-state index < -0.39 is 0 Å². The molecule has 158 valence electrons. The molecule has 0 unspecified atom stereocenters. The van der Waals surface area contributed by atoms with E-state index in [-0.39, 0.29) is 11.9 Å². The summed E-state index contributed by atoms with van der Waals surface area (Å²) in [5, 5.41) is 0. The van der Waals surface area contributed by atoms with Gasteiger partial charge in [-0.3, -0.25) is 9.69 Å². The molecule has 1 amide bonds. The van der Waals surface area contributed by atoms with E-state index in [1.165, 1.54) is 22.3 Å². The van der Waals surface area contributed by atoms with E-state index in [2.05, 4.69) is 43.9 Å². The number of carbonyl (C=O) groups excluding carboxylic acids is 2. The van der Waals surface area contributed by atoms with Gasteiger partial charge in [-0.25, -0.2) is 4.79 Å². The summed E-state index contributed by atoms with van der Waals surface area (Å²) in [6.07, 6.45) is 1.43. The summed E-state index contributed by atoms with van der Waals surface area (Å²) in [7, 11) is 0. The summed E-state index contributed by atoms with van der Waals surface area (Å²) in [6.45, 7) is 11.1. The molecule has 2 aromatic rings. The van der Waals surface area contributed by atoms with Crippen LogP contribution in [0.2, 0.25) is 0 Å². The number of hydrogen-bond acceptors (Lipinski definition) is 4. The van der Waals surface area contributed by atoms with Crippen molar-refractivity contribution in [1.29, 1.82) is 0 Å². The predicted molar refractivity (Wildman–Crippen MR) is 117 cm³/mol. The number of piperazine rings is 1. The number of carbonyl (C=O) groups is 2. The van der Waals surface area contributed by atoms with E-state index in [1.54, 1.807) is 0 Å². The van der Waals surface area contributed by atoms with Crippen LogP contribution in [0, 0.1) is 20.8 Å². The number of aryl methyl sites for hydroxylation is 2. The van der Waals surface area contributed by atoms with Crippen LogP contribution in [0.5, 0.6) is 0 Å². The zero-order valence-electron chi connectivity index (χ0n) is 18.2. The molecule has 5 nitrogen and oxygen atoms in total. The Morgan fingerprint density at radius 3 is 2.37 bits per heavy atom. The molecule has 2 aliphatic heterocycles. The van der Waals surface area contributed by atoms with Crippen LogP contribution in [-0.2, 0) is 29.0 Å². The lowest BCUT2D eigenvalue weighted by atomic mass is 9.99. The molecule has 5 heteroatoms. The summed E-state index contributed by atoms with van der Waals surface area (Å²) in [4.78, 5) is 28.7. The van der Waals surface area contributed by atoms with Crippen molar-refractivity contribution in [3.05, 3.63) is 69.3 Å². The topological polar surface area (TPSA) is 49.9 Å². The van der Waals surface area contributed by atoms with Gasteiger partial charge in [0.05, 0.1) is 12.0 Å². The number of fused-ring (bicyclic) bond motifs is 1. The van der Waals surface area contributed by atoms with Crippen molar-refractivity contribution in [3.63, 3.8) is 0 Å². The van der Waals surface area contributed by atoms with Crippen molar-refractivity contribution >= 4 is 11.9 Å². The number of benzene rings is 2.